The van der Waals surface area contributed by atoms with Gasteiger partial charge in [-0.15, -0.1) is 0 Å². The van der Waals surface area contributed by atoms with E-state index >= 15 is 0 Å². The molecule has 3 N–H and O–H groups in total. The number of rotatable bonds is 3. The Hall–Kier alpha value is -2.42. The van der Waals surface area contributed by atoms with Gasteiger partial charge in [-0.3, -0.25) is 0 Å². The van der Waals surface area contributed by atoms with Gasteiger partial charge in [-0.2, -0.15) is 5.26 Å². The Kier molecular flexibility index (Phi) is 4.38. The Bertz CT molecular complexity index is 847. The van der Waals surface area contributed by atoms with Gasteiger partial charge in [0.05, 0.1) is 23.0 Å². The number of carbonyl (C=O) groups excluding carboxylic acids is 1. The van der Waals surface area contributed by atoms with Crippen LogP contribution in [0.25, 0.3) is 0 Å². The first-order valence-corrected chi connectivity index (χ1v) is 10.9. The lowest BCUT2D eigenvalue weighted by Gasteiger charge is -2.58. The topological polar surface area (TPSA) is 91.4 Å². The molecule has 154 valence electrons. The number of carbonyl (C=O) groups is 1. The van der Waals surface area contributed by atoms with Gasteiger partial charge in [0.15, 0.2) is 0 Å². The van der Waals surface area contributed by atoms with Crippen molar-refractivity contribution in [1.82, 2.24) is 4.90 Å². The molecule has 5 fully saturated rings. The molecule has 3 atom stereocenters. The van der Waals surface area contributed by atoms with Crippen molar-refractivity contribution in [2.75, 3.05) is 24.1 Å². The monoisotopic (exact) mass is 394 g/mol. The van der Waals surface area contributed by atoms with E-state index in [9.17, 15) is 4.79 Å². The molecule has 0 aromatic heterocycles. The van der Waals surface area contributed by atoms with Gasteiger partial charge < -0.3 is 20.7 Å². The molecule has 0 radical (unpaired) electrons. The van der Waals surface area contributed by atoms with Gasteiger partial charge in [0.25, 0.3) is 0 Å². The predicted octanol–water partition coefficient (Wildman–Crippen LogP) is 3.98. The molecular formula is C23H30N4O2. The lowest BCUT2D eigenvalue weighted by Crippen LogP contribution is -2.54. The maximum absolute atomic E-state index is 12.9. The van der Waals surface area contributed by atoms with Gasteiger partial charge >= 0.3 is 6.09 Å². The molecule has 29 heavy (non-hydrogen) atoms. The van der Waals surface area contributed by atoms with Gasteiger partial charge in [-0.05, 0) is 79.9 Å². The molecule has 4 bridgehead atoms. The number of ether oxygens (including phenoxy) is 1. The van der Waals surface area contributed by atoms with Crippen molar-refractivity contribution in [3.05, 3.63) is 23.8 Å². The van der Waals surface area contributed by atoms with Crippen LogP contribution in [0.1, 0.15) is 51.0 Å². The van der Waals surface area contributed by atoms with Gasteiger partial charge in [0.2, 0.25) is 0 Å². The number of hydrogen-bond donors (Lipinski definition) is 2. The van der Waals surface area contributed by atoms with Crippen LogP contribution < -0.4 is 11.1 Å². The summed E-state index contributed by atoms with van der Waals surface area (Å²) in [5.74, 6) is 1.97. The molecule has 6 nitrogen and oxygen atoms in total. The number of hydrogen-bond acceptors (Lipinski definition) is 5. The summed E-state index contributed by atoms with van der Waals surface area (Å²) in [6.07, 6.45) is 7.14. The largest absolute Gasteiger partial charge is 0.446 e. The van der Waals surface area contributed by atoms with Crippen LogP contribution in [0.4, 0.5) is 16.2 Å². The number of nitrogens with two attached hydrogens (primary N) is 1. The number of amides is 1. The highest BCUT2D eigenvalue weighted by Gasteiger charge is 2.55. The molecule has 1 saturated heterocycles. The lowest BCUT2D eigenvalue weighted by molar-refractivity contribution is -0.133. The minimum atomic E-state index is -0.148. The molecule has 4 saturated carbocycles. The molecule has 0 spiro atoms. The first-order valence-electron chi connectivity index (χ1n) is 10.9. The molecule has 4 aliphatic carbocycles. The Morgan fingerprint density at radius 2 is 2.07 bits per heavy atom. The van der Waals surface area contributed by atoms with Crippen molar-refractivity contribution in [2.24, 2.45) is 23.2 Å². The highest BCUT2D eigenvalue weighted by Crippen LogP contribution is 2.60. The summed E-state index contributed by atoms with van der Waals surface area (Å²) in [4.78, 5) is 14.7. The molecular weight excluding hydrogens is 364 g/mol. The molecule has 6 heteroatoms. The zero-order valence-corrected chi connectivity index (χ0v) is 17.1. The van der Waals surface area contributed by atoms with Crippen LogP contribution >= 0.6 is 0 Å². The molecule has 1 heterocycles. The molecule has 6 rings (SSSR count). The van der Waals surface area contributed by atoms with E-state index in [-0.39, 0.29) is 18.2 Å². The second-order valence-corrected chi connectivity index (χ2v) is 10.1. The van der Waals surface area contributed by atoms with E-state index < -0.39 is 0 Å². The molecule has 5 aliphatic rings. The van der Waals surface area contributed by atoms with Crippen LogP contribution in [0, 0.1) is 34.5 Å². The lowest BCUT2D eigenvalue weighted by atomic mass is 9.49. The second kappa shape index (κ2) is 6.83. The second-order valence-electron chi connectivity index (χ2n) is 10.1. The van der Waals surface area contributed by atoms with Gasteiger partial charge in [-0.25, -0.2) is 4.79 Å². The molecule has 1 aromatic rings. The molecule has 1 amide bonds. The highest BCUT2D eigenvalue weighted by atomic mass is 16.6. The highest BCUT2D eigenvalue weighted by molar-refractivity contribution is 5.70. The van der Waals surface area contributed by atoms with E-state index in [1.54, 1.807) is 12.1 Å². The Morgan fingerprint density at radius 1 is 1.31 bits per heavy atom. The quantitative estimate of drug-likeness (QED) is 0.757. The van der Waals surface area contributed by atoms with Crippen molar-refractivity contribution in [3.8, 4) is 6.07 Å². The Balaban J connectivity index is 1.18. The van der Waals surface area contributed by atoms with E-state index in [4.69, 9.17) is 15.7 Å². The minimum Gasteiger partial charge on any atom is -0.446 e. The number of anilines is 2. The van der Waals surface area contributed by atoms with Crippen molar-refractivity contribution in [3.63, 3.8) is 0 Å². The van der Waals surface area contributed by atoms with E-state index in [2.05, 4.69) is 18.3 Å². The first kappa shape index (κ1) is 18.6. The SMILES string of the molecule is CC12CC3CC(C1)C(OC(=O)N1CC[C@@H](Nc4ccc(C#N)cc4N)C1)C(C3)C2. The Labute approximate surface area is 172 Å². The van der Waals surface area contributed by atoms with Crippen LogP contribution in [-0.4, -0.2) is 36.2 Å². The number of benzene rings is 1. The fourth-order valence-electron chi connectivity index (χ4n) is 6.80. The van der Waals surface area contributed by atoms with Crippen LogP contribution in [0.15, 0.2) is 18.2 Å². The van der Waals surface area contributed by atoms with E-state index in [0.717, 1.165) is 18.0 Å². The maximum atomic E-state index is 12.9. The number of nitriles is 1. The van der Waals surface area contributed by atoms with E-state index in [0.29, 0.717) is 41.6 Å². The van der Waals surface area contributed by atoms with Gasteiger partial charge in [0, 0.05) is 19.1 Å². The average molecular weight is 395 g/mol. The van der Waals surface area contributed by atoms with Crippen LogP contribution in [0.2, 0.25) is 0 Å². The number of nitrogens with zero attached hydrogens (tertiary/aromatic N) is 2. The number of nitrogens with one attached hydrogen (secondary N) is 1. The summed E-state index contributed by atoms with van der Waals surface area (Å²) in [5.41, 5.74) is 8.47. The molecule has 1 aliphatic heterocycles. The van der Waals surface area contributed by atoms with Crippen molar-refractivity contribution >= 4 is 17.5 Å². The van der Waals surface area contributed by atoms with Crippen molar-refractivity contribution < 1.29 is 9.53 Å². The summed E-state index contributed by atoms with van der Waals surface area (Å²) in [7, 11) is 0. The Morgan fingerprint density at radius 3 is 2.72 bits per heavy atom. The summed E-state index contributed by atoms with van der Waals surface area (Å²) < 4.78 is 6.11. The summed E-state index contributed by atoms with van der Waals surface area (Å²) in [6.45, 7) is 3.76. The third-order valence-corrected chi connectivity index (χ3v) is 7.72. The van der Waals surface area contributed by atoms with Gasteiger partial charge in [-0.1, -0.05) is 6.92 Å². The zero-order valence-electron chi connectivity index (χ0n) is 17.1. The first-order chi connectivity index (χ1) is 13.9. The third-order valence-electron chi connectivity index (χ3n) is 7.72. The minimum absolute atomic E-state index is 0.119. The smallest absolute Gasteiger partial charge is 0.410 e. The summed E-state index contributed by atoms with van der Waals surface area (Å²) in [6, 6.07) is 7.52. The van der Waals surface area contributed by atoms with Crippen LogP contribution in [0.3, 0.4) is 0 Å². The molecule has 2 unspecified atom stereocenters. The zero-order chi connectivity index (χ0) is 20.2. The average Bonchev–Trinajstić information content (AvgIpc) is 3.13. The predicted molar refractivity (Wildman–Crippen MR) is 111 cm³/mol. The van der Waals surface area contributed by atoms with Gasteiger partial charge in [0.1, 0.15) is 6.10 Å². The van der Waals surface area contributed by atoms with Crippen LogP contribution in [-0.2, 0) is 4.74 Å². The molecule has 1 aromatic carbocycles. The summed E-state index contributed by atoms with van der Waals surface area (Å²) >= 11 is 0. The fourth-order valence-corrected chi connectivity index (χ4v) is 6.80. The normalized spacial score (nSPS) is 37.4. The van der Waals surface area contributed by atoms with Crippen molar-refractivity contribution in [1.29, 1.82) is 5.26 Å². The van der Waals surface area contributed by atoms with Crippen molar-refractivity contribution in [2.45, 2.75) is 57.6 Å². The standard InChI is InChI=1S/C23H30N4O2/c1-23-9-15-6-16(10-23)21(17(7-15)11-23)29-22(28)27-5-4-18(13-27)26-20-3-2-14(12-24)8-19(20)25/h2-3,8,15-18,21,26H,4-7,9-11,13,25H2,1H3/t15?,16?,17?,18-,21?,23?/m1/s1. The number of nitrogen functional groups attached to an aromatic ring is 1. The van der Waals surface area contributed by atoms with Crippen LogP contribution in [0.5, 0.6) is 0 Å². The maximum Gasteiger partial charge on any atom is 0.410 e. The third kappa shape index (κ3) is 3.41. The fraction of sp³-hybridized carbons (Fsp3) is 0.652. The van der Waals surface area contributed by atoms with E-state index in [1.807, 2.05) is 11.0 Å². The summed E-state index contributed by atoms with van der Waals surface area (Å²) in [5, 5.41) is 12.4. The number of likely N-dealkylation sites (tertiary alicyclic amines) is 1. The van der Waals surface area contributed by atoms with E-state index in [1.165, 1.54) is 32.1 Å².